The molecule has 0 N–H and O–H groups in total. The molecule has 2 heterocycles. The van der Waals surface area contributed by atoms with E-state index in [0.29, 0.717) is 11.4 Å². The number of alkyl halides is 1. The zero-order valence-electron chi connectivity index (χ0n) is 11.6. The van der Waals surface area contributed by atoms with Gasteiger partial charge in [0.2, 0.25) is 0 Å². The van der Waals surface area contributed by atoms with Crippen LogP contribution in [0.1, 0.15) is 31.5 Å². The monoisotopic (exact) mass is 330 g/mol. The van der Waals surface area contributed by atoms with Gasteiger partial charge in [-0.1, -0.05) is 11.6 Å². The third kappa shape index (κ3) is 3.17. The van der Waals surface area contributed by atoms with E-state index < -0.39 is 5.82 Å². The Bertz CT molecular complexity index is 638. The first-order chi connectivity index (χ1) is 10.2. The van der Waals surface area contributed by atoms with Gasteiger partial charge in [-0.2, -0.15) is 0 Å². The molecule has 1 saturated heterocycles. The highest BCUT2D eigenvalue weighted by Crippen LogP contribution is 2.26. The third-order valence-corrected chi connectivity index (χ3v) is 4.47. The number of imidazole rings is 1. The molecule has 1 aliphatic heterocycles. The minimum absolute atomic E-state index is 0.110. The zero-order chi connectivity index (χ0) is 14.8. The first kappa shape index (κ1) is 15.1. The van der Waals surface area contributed by atoms with Crippen LogP contribution in [0.4, 0.5) is 4.39 Å². The van der Waals surface area contributed by atoms with E-state index in [4.69, 9.17) is 27.9 Å². The Hall–Kier alpha value is -0.840. The number of hydrogen-bond donors (Lipinski definition) is 0. The van der Waals surface area contributed by atoms with E-state index in [1.54, 1.807) is 6.07 Å². The molecule has 1 aromatic heterocycles. The van der Waals surface area contributed by atoms with Gasteiger partial charge in [0.05, 0.1) is 28.0 Å². The summed E-state index contributed by atoms with van der Waals surface area (Å²) in [6.07, 6.45) is 4.65. The first-order valence-corrected chi connectivity index (χ1v) is 8.12. The molecule has 1 unspecified atom stereocenters. The van der Waals surface area contributed by atoms with Crippen molar-refractivity contribution in [3.05, 3.63) is 28.8 Å². The van der Waals surface area contributed by atoms with Crippen molar-refractivity contribution in [2.24, 2.45) is 0 Å². The smallest absolute Gasteiger partial charge is 0.144 e. The summed E-state index contributed by atoms with van der Waals surface area (Å²) in [7, 11) is 0. The number of ether oxygens (including phenoxy) is 1. The SMILES string of the molecule is Fc1cc2nc(CCl)n(CCC3CCCCO3)c2cc1Cl. The average Bonchev–Trinajstić information content (AvgIpc) is 2.83. The van der Waals surface area contributed by atoms with Crippen molar-refractivity contribution in [3.8, 4) is 0 Å². The van der Waals surface area contributed by atoms with Gasteiger partial charge >= 0.3 is 0 Å². The minimum atomic E-state index is -0.453. The Labute approximate surface area is 133 Å². The Morgan fingerprint density at radius 1 is 1.38 bits per heavy atom. The molecule has 1 aromatic carbocycles. The number of fused-ring (bicyclic) bond motifs is 1. The standard InChI is InChI=1S/C15H17Cl2FN2O/c16-9-15-19-13-8-12(18)11(17)7-14(13)20(15)5-4-10-3-1-2-6-21-10/h7-8,10H,1-6,9H2. The number of nitrogens with zero attached hydrogens (tertiary/aromatic N) is 2. The van der Waals surface area contributed by atoms with Crippen LogP contribution in [0.3, 0.4) is 0 Å². The highest BCUT2D eigenvalue weighted by atomic mass is 35.5. The molecule has 6 heteroatoms. The van der Waals surface area contributed by atoms with Gasteiger partial charge in [-0.05, 0) is 31.7 Å². The van der Waals surface area contributed by atoms with Crippen LogP contribution in [0.25, 0.3) is 11.0 Å². The molecule has 1 atom stereocenters. The van der Waals surface area contributed by atoms with Gasteiger partial charge < -0.3 is 9.30 Å². The minimum Gasteiger partial charge on any atom is -0.378 e. The fourth-order valence-corrected chi connectivity index (χ4v) is 3.19. The van der Waals surface area contributed by atoms with E-state index in [1.165, 1.54) is 12.5 Å². The lowest BCUT2D eigenvalue weighted by molar-refractivity contribution is 0.00889. The highest BCUT2D eigenvalue weighted by Gasteiger charge is 2.17. The van der Waals surface area contributed by atoms with Crippen molar-refractivity contribution in [1.82, 2.24) is 9.55 Å². The van der Waals surface area contributed by atoms with Crippen molar-refractivity contribution in [1.29, 1.82) is 0 Å². The van der Waals surface area contributed by atoms with Crippen molar-refractivity contribution in [2.75, 3.05) is 6.61 Å². The Kier molecular flexibility index (Phi) is 4.67. The second kappa shape index (κ2) is 6.51. The molecular formula is C15H17Cl2FN2O. The molecule has 2 aromatic rings. The van der Waals surface area contributed by atoms with Crippen molar-refractivity contribution in [3.63, 3.8) is 0 Å². The predicted octanol–water partition coefficient (Wildman–Crippen LogP) is 4.53. The van der Waals surface area contributed by atoms with E-state index in [0.717, 1.165) is 43.8 Å². The van der Waals surface area contributed by atoms with Crippen LogP contribution in [0.2, 0.25) is 5.02 Å². The number of benzene rings is 1. The largest absolute Gasteiger partial charge is 0.378 e. The van der Waals surface area contributed by atoms with Crippen LogP contribution in [0, 0.1) is 5.82 Å². The zero-order valence-corrected chi connectivity index (χ0v) is 13.1. The first-order valence-electron chi connectivity index (χ1n) is 7.21. The van der Waals surface area contributed by atoms with E-state index in [2.05, 4.69) is 4.98 Å². The number of aryl methyl sites for hydroxylation is 1. The van der Waals surface area contributed by atoms with Crippen LogP contribution in [-0.2, 0) is 17.2 Å². The van der Waals surface area contributed by atoms with Crippen LogP contribution < -0.4 is 0 Å². The molecule has 3 nitrogen and oxygen atoms in total. The van der Waals surface area contributed by atoms with Crippen molar-refractivity contribution < 1.29 is 9.13 Å². The summed E-state index contributed by atoms with van der Waals surface area (Å²) in [4.78, 5) is 4.39. The second-order valence-corrected chi connectivity index (χ2v) is 6.02. The number of rotatable bonds is 4. The molecule has 0 aliphatic carbocycles. The molecule has 1 fully saturated rings. The normalized spacial score (nSPS) is 19.3. The molecule has 114 valence electrons. The van der Waals surface area contributed by atoms with Gasteiger partial charge in [-0.3, -0.25) is 0 Å². The van der Waals surface area contributed by atoms with Gasteiger partial charge in [-0.25, -0.2) is 9.37 Å². The van der Waals surface area contributed by atoms with Crippen LogP contribution in [0.15, 0.2) is 12.1 Å². The number of halogens is 3. The Morgan fingerprint density at radius 2 is 2.24 bits per heavy atom. The second-order valence-electron chi connectivity index (χ2n) is 5.35. The Morgan fingerprint density at radius 3 is 2.95 bits per heavy atom. The molecule has 0 radical (unpaired) electrons. The maximum atomic E-state index is 13.5. The van der Waals surface area contributed by atoms with Gasteiger partial charge in [0.1, 0.15) is 11.6 Å². The summed E-state index contributed by atoms with van der Waals surface area (Å²) in [5.74, 6) is 0.578. The maximum absolute atomic E-state index is 13.5. The molecular weight excluding hydrogens is 314 g/mol. The van der Waals surface area contributed by atoms with E-state index in [1.807, 2.05) is 4.57 Å². The van der Waals surface area contributed by atoms with Crippen LogP contribution in [-0.4, -0.2) is 22.3 Å². The summed E-state index contributed by atoms with van der Waals surface area (Å²) in [5, 5.41) is 0.110. The quantitative estimate of drug-likeness (QED) is 0.770. The third-order valence-electron chi connectivity index (χ3n) is 3.94. The van der Waals surface area contributed by atoms with E-state index >= 15 is 0 Å². The molecule has 21 heavy (non-hydrogen) atoms. The Balaban J connectivity index is 1.86. The fraction of sp³-hybridized carbons (Fsp3) is 0.533. The van der Waals surface area contributed by atoms with Crippen molar-refractivity contribution >= 4 is 34.2 Å². The molecule has 0 amide bonds. The van der Waals surface area contributed by atoms with Gasteiger partial charge in [-0.15, -0.1) is 11.6 Å². The maximum Gasteiger partial charge on any atom is 0.144 e. The van der Waals surface area contributed by atoms with Crippen LogP contribution >= 0.6 is 23.2 Å². The van der Waals surface area contributed by atoms with Gasteiger partial charge in [0.15, 0.2) is 0 Å². The molecule has 0 bridgehead atoms. The van der Waals surface area contributed by atoms with Crippen LogP contribution in [0.5, 0.6) is 0 Å². The molecule has 0 saturated carbocycles. The van der Waals surface area contributed by atoms with E-state index in [9.17, 15) is 4.39 Å². The van der Waals surface area contributed by atoms with Gasteiger partial charge in [0, 0.05) is 19.2 Å². The summed E-state index contributed by atoms with van der Waals surface area (Å²) in [5.41, 5.74) is 1.42. The highest BCUT2D eigenvalue weighted by molar-refractivity contribution is 6.31. The average molecular weight is 331 g/mol. The predicted molar refractivity (Wildman–Crippen MR) is 82.5 cm³/mol. The topological polar surface area (TPSA) is 27.1 Å². The molecule has 3 rings (SSSR count). The van der Waals surface area contributed by atoms with Crippen molar-refractivity contribution in [2.45, 2.75) is 44.2 Å². The lowest BCUT2D eigenvalue weighted by Crippen LogP contribution is -2.21. The number of aromatic nitrogens is 2. The van der Waals surface area contributed by atoms with E-state index in [-0.39, 0.29) is 11.1 Å². The lowest BCUT2D eigenvalue weighted by atomic mass is 10.1. The summed E-state index contributed by atoms with van der Waals surface area (Å²) in [6, 6.07) is 2.98. The van der Waals surface area contributed by atoms with Gasteiger partial charge in [0.25, 0.3) is 0 Å². The molecule has 0 spiro atoms. The summed E-state index contributed by atoms with van der Waals surface area (Å²) in [6.45, 7) is 1.60. The molecule has 1 aliphatic rings. The fourth-order valence-electron chi connectivity index (χ4n) is 2.83. The lowest BCUT2D eigenvalue weighted by Gasteiger charge is -2.23. The summed E-state index contributed by atoms with van der Waals surface area (Å²) < 4.78 is 21.3. The summed E-state index contributed by atoms with van der Waals surface area (Å²) >= 11 is 11.9. The number of hydrogen-bond acceptors (Lipinski definition) is 2.